The van der Waals surface area contributed by atoms with Crippen LogP contribution in [0.15, 0.2) is 12.1 Å². The van der Waals surface area contributed by atoms with Crippen LogP contribution < -0.4 is 9.47 Å². The summed E-state index contributed by atoms with van der Waals surface area (Å²) in [5.41, 5.74) is 0.969. The summed E-state index contributed by atoms with van der Waals surface area (Å²) in [7, 11) is 2.85. The summed E-state index contributed by atoms with van der Waals surface area (Å²) in [5, 5.41) is 0. The van der Waals surface area contributed by atoms with E-state index in [4.69, 9.17) is 28.4 Å². The molecule has 0 radical (unpaired) electrons. The number of hydrogen-bond acceptors (Lipinski definition) is 10. The number of carbonyl (C=O) groups is 4. The maximum Gasteiger partial charge on any atom is 0.320 e. The topological polar surface area (TPSA) is 124 Å². The highest BCUT2D eigenvalue weighted by Crippen LogP contribution is 2.33. The van der Waals surface area contributed by atoms with Gasteiger partial charge in [-0.3, -0.25) is 19.2 Å². The molecule has 0 aliphatic heterocycles. The predicted molar refractivity (Wildman–Crippen MR) is 120 cm³/mol. The molecule has 0 N–H and O–H groups in total. The van der Waals surface area contributed by atoms with Gasteiger partial charge in [0.1, 0.15) is 11.5 Å². The quantitative estimate of drug-likeness (QED) is 0.222. The summed E-state index contributed by atoms with van der Waals surface area (Å²) in [4.78, 5) is 49.6. The Kier molecular flexibility index (Phi) is 12.5. The third-order valence-corrected chi connectivity index (χ3v) is 4.82. The van der Waals surface area contributed by atoms with Crippen molar-refractivity contribution in [3.8, 4) is 11.5 Å². The van der Waals surface area contributed by atoms with Crippen LogP contribution in [0, 0.1) is 11.8 Å². The molecule has 0 fully saturated rings. The van der Waals surface area contributed by atoms with Gasteiger partial charge in [0.05, 0.1) is 40.6 Å². The number of ether oxygens (including phenoxy) is 6. The van der Waals surface area contributed by atoms with E-state index in [2.05, 4.69) is 0 Å². The zero-order valence-corrected chi connectivity index (χ0v) is 20.6. The van der Waals surface area contributed by atoms with Gasteiger partial charge in [-0.25, -0.2) is 0 Å². The monoisotopic (exact) mass is 482 g/mol. The van der Waals surface area contributed by atoms with Gasteiger partial charge < -0.3 is 28.4 Å². The van der Waals surface area contributed by atoms with Gasteiger partial charge in [0.25, 0.3) is 0 Å². The van der Waals surface area contributed by atoms with Crippen molar-refractivity contribution in [3.63, 3.8) is 0 Å². The first-order valence-corrected chi connectivity index (χ1v) is 11.2. The third-order valence-electron chi connectivity index (χ3n) is 4.82. The van der Waals surface area contributed by atoms with E-state index in [1.807, 2.05) is 0 Å². The largest absolute Gasteiger partial charge is 0.496 e. The molecule has 0 heterocycles. The molecule has 0 atom stereocenters. The molecule has 0 amide bonds. The second kappa shape index (κ2) is 14.8. The second-order valence-electron chi connectivity index (χ2n) is 7.00. The van der Waals surface area contributed by atoms with Gasteiger partial charge in [-0.05, 0) is 51.0 Å². The van der Waals surface area contributed by atoms with Crippen molar-refractivity contribution in [2.75, 3.05) is 40.6 Å². The van der Waals surface area contributed by atoms with Crippen LogP contribution in [0.5, 0.6) is 11.5 Å². The summed E-state index contributed by atoms with van der Waals surface area (Å²) in [5.74, 6) is -4.58. The van der Waals surface area contributed by atoms with Crippen LogP contribution in [-0.4, -0.2) is 64.5 Å². The average Bonchev–Trinajstić information content (AvgIpc) is 2.81. The van der Waals surface area contributed by atoms with Crippen molar-refractivity contribution in [1.82, 2.24) is 0 Å². The lowest BCUT2D eigenvalue weighted by Crippen LogP contribution is -2.30. The highest BCUT2D eigenvalue weighted by Gasteiger charge is 2.33. The molecule has 10 nitrogen and oxygen atoms in total. The van der Waals surface area contributed by atoms with Crippen LogP contribution in [0.1, 0.15) is 38.8 Å². The first-order chi connectivity index (χ1) is 16.3. The van der Waals surface area contributed by atoms with Crippen molar-refractivity contribution in [2.24, 2.45) is 11.8 Å². The molecular weight excluding hydrogens is 448 g/mol. The van der Waals surface area contributed by atoms with E-state index >= 15 is 0 Å². The summed E-state index contributed by atoms with van der Waals surface area (Å²) < 4.78 is 31.1. The van der Waals surface area contributed by atoms with Gasteiger partial charge in [0.2, 0.25) is 0 Å². The summed E-state index contributed by atoms with van der Waals surface area (Å²) >= 11 is 0. The maximum absolute atomic E-state index is 12.4. The first kappa shape index (κ1) is 28.7. The van der Waals surface area contributed by atoms with Gasteiger partial charge in [0, 0.05) is 12.8 Å². The number of carbonyl (C=O) groups excluding carboxylic acids is 4. The molecule has 1 aromatic rings. The SMILES string of the molecule is CCOC(=O)C(Cc1cc(OC)c(CC(C(=O)OCC)C(=O)OCC)cc1OC)C(=O)OCC. The van der Waals surface area contributed by atoms with Gasteiger partial charge in [0.15, 0.2) is 11.8 Å². The molecular formula is C24H34O10. The fourth-order valence-electron chi connectivity index (χ4n) is 3.28. The van der Waals surface area contributed by atoms with Crippen molar-refractivity contribution < 1.29 is 47.6 Å². The van der Waals surface area contributed by atoms with Crippen LogP contribution in [0.3, 0.4) is 0 Å². The fraction of sp³-hybridized carbons (Fsp3) is 0.583. The van der Waals surface area contributed by atoms with Gasteiger partial charge in [-0.1, -0.05) is 0 Å². The smallest absolute Gasteiger partial charge is 0.320 e. The van der Waals surface area contributed by atoms with Crippen LogP contribution in [0.25, 0.3) is 0 Å². The summed E-state index contributed by atoms with van der Waals surface area (Å²) in [6, 6.07) is 3.18. The molecule has 34 heavy (non-hydrogen) atoms. The zero-order valence-electron chi connectivity index (χ0n) is 20.6. The molecule has 0 aliphatic rings. The predicted octanol–water partition coefficient (Wildman–Crippen LogP) is 2.27. The maximum atomic E-state index is 12.4. The molecule has 190 valence electrons. The second-order valence-corrected chi connectivity index (χ2v) is 7.00. The van der Waals surface area contributed by atoms with E-state index in [-0.39, 0.29) is 39.3 Å². The lowest BCUT2D eigenvalue weighted by atomic mass is 9.93. The van der Waals surface area contributed by atoms with E-state index in [1.165, 1.54) is 14.2 Å². The van der Waals surface area contributed by atoms with Crippen LogP contribution >= 0.6 is 0 Å². The van der Waals surface area contributed by atoms with Gasteiger partial charge in [-0.15, -0.1) is 0 Å². The Hall–Kier alpha value is -3.30. The lowest BCUT2D eigenvalue weighted by molar-refractivity contribution is -0.163. The standard InChI is InChI=1S/C24H34O10/c1-7-31-21(25)17(22(26)32-8-2)11-15-13-20(30-6)16(14-19(15)29-5)12-18(23(27)33-9-3)24(28)34-10-4/h13-14,17-18H,7-12H2,1-6H3. The number of esters is 4. The Morgan fingerprint density at radius 3 is 1.06 bits per heavy atom. The Balaban J connectivity index is 3.39. The Morgan fingerprint density at radius 1 is 0.588 bits per heavy atom. The normalized spacial score (nSPS) is 10.6. The van der Waals surface area contributed by atoms with E-state index in [0.29, 0.717) is 22.6 Å². The molecule has 10 heteroatoms. The molecule has 0 aliphatic carbocycles. The Bertz CT molecular complexity index is 743. The molecule has 1 rings (SSSR count). The minimum absolute atomic E-state index is 0.0589. The van der Waals surface area contributed by atoms with E-state index in [9.17, 15) is 19.2 Å². The molecule has 0 saturated carbocycles. The average molecular weight is 483 g/mol. The minimum atomic E-state index is -1.20. The van der Waals surface area contributed by atoms with Gasteiger partial charge >= 0.3 is 23.9 Å². The van der Waals surface area contributed by atoms with Crippen LogP contribution in [0.4, 0.5) is 0 Å². The molecule has 1 aromatic carbocycles. The van der Waals surface area contributed by atoms with Crippen molar-refractivity contribution in [2.45, 2.75) is 40.5 Å². The highest BCUT2D eigenvalue weighted by atomic mass is 16.6. The van der Waals surface area contributed by atoms with E-state index in [0.717, 1.165) is 0 Å². The lowest BCUT2D eigenvalue weighted by Gasteiger charge is -2.20. The van der Waals surface area contributed by atoms with Crippen molar-refractivity contribution >= 4 is 23.9 Å². The molecule has 0 spiro atoms. The third kappa shape index (κ3) is 7.93. The van der Waals surface area contributed by atoms with Crippen LogP contribution in [0.2, 0.25) is 0 Å². The Labute approximate surface area is 199 Å². The molecule has 0 saturated heterocycles. The van der Waals surface area contributed by atoms with Crippen LogP contribution in [-0.2, 0) is 51.0 Å². The first-order valence-electron chi connectivity index (χ1n) is 11.2. The fourth-order valence-corrected chi connectivity index (χ4v) is 3.28. The van der Waals surface area contributed by atoms with Gasteiger partial charge in [-0.2, -0.15) is 0 Å². The minimum Gasteiger partial charge on any atom is -0.496 e. The Morgan fingerprint density at radius 2 is 0.853 bits per heavy atom. The molecule has 0 aromatic heterocycles. The number of benzene rings is 1. The van der Waals surface area contributed by atoms with E-state index < -0.39 is 35.7 Å². The van der Waals surface area contributed by atoms with Crippen molar-refractivity contribution in [3.05, 3.63) is 23.3 Å². The number of methoxy groups -OCH3 is 2. The highest BCUT2D eigenvalue weighted by molar-refractivity contribution is 5.96. The molecule has 0 unspecified atom stereocenters. The van der Waals surface area contributed by atoms with E-state index in [1.54, 1.807) is 39.8 Å². The molecule has 0 bridgehead atoms. The number of rotatable bonds is 14. The van der Waals surface area contributed by atoms with Crippen molar-refractivity contribution in [1.29, 1.82) is 0 Å². The summed E-state index contributed by atoms with van der Waals surface area (Å²) in [6.07, 6.45) is -0.118. The number of hydrogen-bond donors (Lipinski definition) is 0. The summed E-state index contributed by atoms with van der Waals surface area (Å²) in [6.45, 7) is 7.00. The zero-order chi connectivity index (χ0) is 25.7.